The quantitative estimate of drug-likeness (QED) is 0.920. The molecule has 1 atom stereocenters. The fraction of sp³-hybridized carbons (Fsp3) is 0.429. The molecule has 0 saturated heterocycles. The number of hydrogen-bond donors (Lipinski definition) is 1. The molecule has 0 radical (unpaired) electrons. The van der Waals surface area contributed by atoms with Gasteiger partial charge in [-0.15, -0.1) is 0 Å². The van der Waals surface area contributed by atoms with Crippen LogP contribution in [0, 0.1) is 11.7 Å². The summed E-state index contributed by atoms with van der Waals surface area (Å²) in [6.45, 7) is 4.24. The Morgan fingerprint density at radius 3 is 2.75 bits per heavy atom. The van der Waals surface area contributed by atoms with E-state index in [1.165, 1.54) is 12.1 Å². The lowest BCUT2D eigenvalue weighted by molar-refractivity contribution is 0.335. The SMILES string of the molecule is CNC(Cc1nc(-c2ccc(F)cc2Cl)no1)C(C)C. The molecule has 2 aromatic rings. The predicted octanol–water partition coefficient (Wildman–Crippen LogP) is 3.32. The van der Waals surface area contributed by atoms with Crippen LogP contribution >= 0.6 is 11.6 Å². The summed E-state index contributed by atoms with van der Waals surface area (Å²) in [7, 11) is 1.90. The molecule has 0 amide bonds. The number of halogens is 2. The Bertz CT molecular complexity index is 586. The Morgan fingerprint density at radius 1 is 1.40 bits per heavy atom. The maximum atomic E-state index is 13.0. The van der Waals surface area contributed by atoms with E-state index in [2.05, 4.69) is 29.3 Å². The van der Waals surface area contributed by atoms with Crippen LogP contribution in [0.4, 0.5) is 4.39 Å². The largest absolute Gasteiger partial charge is 0.339 e. The minimum Gasteiger partial charge on any atom is -0.339 e. The first-order valence-electron chi connectivity index (χ1n) is 6.46. The molecule has 0 aliphatic carbocycles. The van der Waals surface area contributed by atoms with Crippen LogP contribution in [-0.2, 0) is 6.42 Å². The van der Waals surface area contributed by atoms with Crippen molar-refractivity contribution in [1.82, 2.24) is 15.5 Å². The summed E-state index contributed by atoms with van der Waals surface area (Å²) < 4.78 is 18.3. The van der Waals surface area contributed by atoms with E-state index in [9.17, 15) is 4.39 Å². The number of hydrogen-bond acceptors (Lipinski definition) is 4. The normalized spacial score (nSPS) is 12.9. The van der Waals surface area contributed by atoms with Crippen molar-refractivity contribution in [2.24, 2.45) is 5.92 Å². The van der Waals surface area contributed by atoms with E-state index < -0.39 is 5.82 Å². The molecule has 0 saturated carbocycles. The summed E-state index contributed by atoms with van der Waals surface area (Å²) >= 11 is 5.98. The third-order valence-corrected chi connectivity index (χ3v) is 3.52. The molecule has 0 bridgehead atoms. The van der Waals surface area contributed by atoms with Crippen LogP contribution in [0.5, 0.6) is 0 Å². The Kier molecular flexibility index (Phi) is 4.73. The van der Waals surface area contributed by atoms with Gasteiger partial charge in [-0.3, -0.25) is 0 Å². The average Bonchev–Trinajstić information content (AvgIpc) is 2.83. The van der Waals surface area contributed by atoms with Crippen molar-refractivity contribution in [2.45, 2.75) is 26.3 Å². The molecule has 6 heteroatoms. The molecular weight excluding hydrogens is 281 g/mol. The van der Waals surface area contributed by atoms with Crippen molar-refractivity contribution in [3.05, 3.63) is 34.9 Å². The summed E-state index contributed by atoms with van der Waals surface area (Å²) in [4.78, 5) is 4.32. The second-order valence-electron chi connectivity index (χ2n) is 4.98. The highest BCUT2D eigenvalue weighted by Gasteiger charge is 2.17. The number of rotatable bonds is 5. The predicted molar refractivity (Wildman–Crippen MR) is 76.1 cm³/mol. The topological polar surface area (TPSA) is 51.0 Å². The van der Waals surface area contributed by atoms with Crippen molar-refractivity contribution < 1.29 is 8.91 Å². The Labute approximate surface area is 122 Å². The fourth-order valence-electron chi connectivity index (χ4n) is 1.98. The first-order chi connectivity index (χ1) is 9.51. The maximum Gasteiger partial charge on any atom is 0.228 e. The molecule has 1 heterocycles. The van der Waals surface area contributed by atoms with Gasteiger partial charge in [0.25, 0.3) is 0 Å². The lowest BCUT2D eigenvalue weighted by atomic mass is 10.0. The Balaban J connectivity index is 2.20. The van der Waals surface area contributed by atoms with Gasteiger partial charge >= 0.3 is 0 Å². The second kappa shape index (κ2) is 6.33. The van der Waals surface area contributed by atoms with Crippen molar-refractivity contribution in [3.63, 3.8) is 0 Å². The van der Waals surface area contributed by atoms with Gasteiger partial charge in [0.15, 0.2) is 0 Å². The highest BCUT2D eigenvalue weighted by atomic mass is 35.5. The van der Waals surface area contributed by atoms with E-state index in [0.29, 0.717) is 29.6 Å². The zero-order valence-electron chi connectivity index (χ0n) is 11.7. The lowest BCUT2D eigenvalue weighted by Gasteiger charge is -2.17. The van der Waals surface area contributed by atoms with E-state index in [1.54, 1.807) is 6.07 Å². The molecule has 4 nitrogen and oxygen atoms in total. The molecule has 1 aromatic carbocycles. The highest BCUT2D eigenvalue weighted by molar-refractivity contribution is 6.33. The van der Waals surface area contributed by atoms with E-state index in [4.69, 9.17) is 16.1 Å². The van der Waals surface area contributed by atoms with Gasteiger partial charge in [0, 0.05) is 18.0 Å². The molecule has 1 aromatic heterocycles. The molecule has 0 aliphatic heterocycles. The number of aromatic nitrogens is 2. The zero-order valence-corrected chi connectivity index (χ0v) is 12.4. The van der Waals surface area contributed by atoms with Crippen molar-refractivity contribution >= 4 is 11.6 Å². The number of likely N-dealkylation sites (N-methyl/N-ethyl adjacent to an activating group) is 1. The third-order valence-electron chi connectivity index (χ3n) is 3.21. The van der Waals surface area contributed by atoms with Crippen LogP contribution < -0.4 is 5.32 Å². The first kappa shape index (κ1) is 14.9. The monoisotopic (exact) mass is 297 g/mol. The molecule has 0 fully saturated rings. The summed E-state index contributed by atoms with van der Waals surface area (Å²) in [5, 5.41) is 7.39. The zero-order chi connectivity index (χ0) is 14.7. The minimum absolute atomic E-state index is 0.256. The summed E-state index contributed by atoms with van der Waals surface area (Å²) in [5.74, 6) is 0.972. The molecule has 0 spiro atoms. The molecule has 108 valence electrons. The van der Waals surface area contributed by atoms with Crippen LogP contribution in [0.15, 0.2) is 22.7 Å². The van der Waals surface area contributed by atoms with E-state index in [1.807, 2.05) is 7.05 Å². The van der Waals surface area contributed by atoms with Crippen LogP contribution in [-0.4, -0.2) is 23.2 Å². The van der Waals surface area contributed by atoms with Crippen molar-refractivity contribution in [3.8, 4) is 11.4 Å². The number of nitrogens with zero attached hydrogens (tertiary/aromatic N) is 2. The molecule has 2 rings (SSSR count). The first-order valence-corrected chi connectivity index (χ1v) is 6.84. The Hall–Kier alpha value is -1.46. The van der Waals surface area contributed by atoms with Gasteiger partial charge in [0.05, 0.1) is 5.02 Å². The van der Waals surface area contributed by atoms with Gasteiger partial charge in [-0.1, -0.05) is 30.6 Å². The Morgan fingerprint density at radius 2 is 2.15 bits per heavy atom. The third kappa shape index (κ3) is 3.35. The lowest BCUT2D eigenvalue weighted by Crippen LogP contribution is -2.32. The molecule has 0 aliphatic rings. The van der Waals surface area contributed by atoms with Crippen LogP contribution in [0.1, 0.15) is 19.7 Å². The molecule has 20 heavy (non-hydrogen) atoms. The van der Waals surface area contributed by atoms with Crippen molar-refractivity contribution in [2.75, 3.05) is 7.05 Å². The maximum absolute atomic E-state index is 13.0. The standard InChI is InChI=1S/C14H17ClFN3O/c1-8(2)12(17-3)7-13-18-14(19-20-13)10-5-4-9(16)6-11(10)15/h4-6,8,12,17H,7H2,1-3H3. The van der Waals surface area contributed by atoms with Gasteiger partial charge in [-0.05, 0) is 31.2 Å². The molecule has 1 unspecified atom stereocenters. The highest BCUT2D eigenvalue weighted by Crippen LogP contribution is 2.26. The number of benzene rings is 1. The second-order valence-corrected chi connectivity index (χ2v) is 5.39. The summed E-state index contributed by atoms with van der Waals surface area (Å²) in [6.07, 6.45) is 0.639. The van der Waals surface area contributed by atoms with Gasteiger partial charge in [-0.2, -0.15) is 4.98 Å². The molecule has 1 N–H and O–H groups in total. The van der Waals surface area contributed by atoms with Crippen LogP contribution in [0.25, 0.3) is 11.4 Å². The smallest absolute Gasteiger partial charge is 0.228 e. The summed E-state index contributed by atoms with van der Waals surface area (Å²) in [6, 6.07) is 4.36. The van der Waals surface area contributed by atoms with Gasteiger partial charge in [0.1, 0.15) is 5.82 Å². The van der Waals surface area contributed by atoms with Crippen molar-refractivity contribution in [1.29, 1.82) is 0 Å². The molecular formula is C14H17ClFN3O. The fourth-order valence-corrected chi connectivity index (χ4v) is 2.23. The van der Waals surface area contributed by atoms with E-state index >= 15 is 0 Å². The van der Waals surface area contributed by atoms with E-state index in [0.717, 1.165) is 0 Å². The minimum atomic E-state index is -0.391. The van der Waals surface area contributed by atoms with Crippen LogP contribution in [0.2, 0.25) is 5.02 Å². The van der Waals surface area contributed by atoms with Crippen LogP contribution in [0.3, 0.4) is 0 Å². The van der Waals surface area contributed by atoms with E-state index in [-0.39, 0.29) is 11.1 Å². The van der Waals surface area contributed by atoms with Gasteiger partial charge in [0.2, 0.25) is 11.7 Å². The summed E-state index contributed by atoms with van der Waals surface area (Å²) in [5.41, 5.74) is 0.564. The average molecular weight is 298 g/mol. The number of nitrogens with one attached hydrogen (secondary N) is 1. The van der Waals surface area contributed by atoms with Gasteiger partial charge < -0.3 is 9.84 Å². The van der Waals surface area contributed by atoms with Gasteiger partial charge in [-0.25, -0.2) is 4.39 Å².